The quantitative estimate of drug-likeness (QED) is 0.594. The number of para-hydroxylation sites is 1. The molecule has 0 fully saturated rings. The summed E-state index contributed by atoms with van der Waals surface area (Å²) in [6, 6.07) is 14.7. The second kappa shape index (κ2) is 5.85. The van der Waals surface area contributed by atoms with Crippen LogP contribution >= 0.6 is 0 Å². The highest BCUT2D eigenvalue weighted by Crippen LogP contribution is 2.21. The third-order valence-electron chi connectivity index (χ3n) is 3.63. The number of H-pyrrole nitrogens is 1. The summed E-state index contributed by atoms with van der Waals surface area (Å²) in [4.78, 5) is 26.9. The van der Waals surface area contributed by atoms with E-state index in [1.54, 1.807) is 30.5 Å². The molecule has 110 valence electrons. The molecule has 4 nitrogen and oxygen atoms in total. The number of aromatic amines is 1. The van der Waals surface area contributed by atoms with Crippen molar-refractivity contribution in [2.24, 2.45) is 0 Å². The average molecular weight is 293 g/mol. The Morgan fingerprint density at radius 3 is 2.50 bits per heavy atom. The fraction of sp³-hybridized carbons (Fsp3) is 0.111. The molecule has 0 bridgehead atoms. The highest BCUT2D eigenvalue weighted by atomic mass is 16.5. The standard InChI is InChI=1S/C18H15NO3/c1-22-17(20)10-12-6-8-13(9-7-12)18(21)15-11-19-16-5-3-2-4-14(15)16/h2-9,11,19H,10H2,1H3. The monoisotopic (exact) mass is 293 g/mol. The molecule has 0 radical (unpaired) electrons. The second-order valence-electron chi connectivity index (χ2n) is 5.03. The summed E-state index contributed by atoms with van der Waals surface area (Å²) in [5, 5.41) is 0.908. The summed E-state index contributed by atoms with van der Waals surface area (Å²) >= 11 is 0. The van der Waals surface area contributed by atoms with E-state index in [2.05, 4.69) is 9.72 Å². The number of ether oxygens (including phenoxy) is 1. The number of aromatic nitrogens is 1. The SMILES string of the molecule is COC(=O)Cc1ccc(C(=O)c2c[nH]c3ccccc23)cc1. The molecule has 3 aromatic rings. The Morgan fingerprint density at radius 1 is 1.05 bits per heavy atom. The van der Waals surface area contributed by atoms with Gasteiger partial charge >= 0.3 is 5.97 Å². The first kappa shape index (κ1) is 14.1. The summed E-state index contributed by atoms with van der Waals surface area (Å²) < 4.78 is 4.63. The Kier molecular flexibility index (Phi) is 3.74. The Labute approximate surface area is 127 Å². The normalized spacial score (nSPS) is 10.6. The van der Waals surface area contributed by atoms with Crippen LogP contribution in [0.5, 0.6) is 0 Å². The molecule has 0 unspecified atom stereocenters. The number of benzene rings is 2. The second-order valence-corrected chi connectivity index (χ2v) is 5.03. The summed E-state index contributed by atoms with van der Waals surface area (Å²) in [5.41, 5.74) is 3.00. The molecule has 0 aliphatic carbocycles. The molecule has 0 saturated heterocycles. The third-order valence-corrected chi connectivity index (χ3v) is 3.63. The van der Waals surface area contributed by atoms with Crippen LogP contribution in [0.1, 0.15) is 21.5 Å². The summed E-state index contributed by atoms with van der Waals surface area (Å²) in [7, 11) is 1.36. The number of nitrogens with one attached hydrogen (secondary N) is 1. The van der Waals surface area contributed by atoms with Crippen molar-refractivity contribution < 1.29 is 14.3 Å². The predicted molar refractivity (Wildman–Crippen MR) is 83.9 cm³/mol. The molecule has 2 aromatic carbocycles. The minimum Gasteiger partial charge on any atom is -0.469 e. The fourth-order valence-electron chi connectivity index (χ4n) is 2.43. The van der Waals surface area contributed by atoms with Gasteiger partial charge in [-0.3, -0.25) is 9.59 Å². The maximum Gasteiger partial charge on any atom is 0.309 e. The van der Waals surface area contributed by atoms with E-state index in [9.17, 15) is 9.59 Å². The number of hydrogen-bond donors (Lipinski definition) is 1. The van der Waals surface area contributed by atoms with E-state index in [0.29, 0.717) is 11.1 Å². The first-order valence-electron chi connectivity index (χ1n) is 6.95. The first-order chi connectivity index (χ1) is 10.7. The Bertz CT molecular complexity index is 831. The molecule has 0 aliphatic heterocycles. The van der Waals surface area contributed by atoms with Gasteiger partial charge in [0.05, 0.1) is 13.5 Å². The van der Waals surface area contributed by atoms with Crippen molar-refractivity contribution in [3.63, 3.8) is 0 Å². The van der Waals surface area contributed by atoms with Gasteiger partial charge in [0.15, 0.2) is 5.78 Å². The summed E-state index contributed by atoms with van der Waals surface area (Å²) in [6.45, 7) is 0. The van der Waals surface area contributed by atoms with Gasteiger partial charge in [0.25, 0.3) is 0 Å². The van der Waals surface area contributed by atoms with E-state index in [-0.39, 0.29) is 18.2 Å². The van der Waals surface area contributed by atoms with Crippen LogP contribution in [0.15, 0.2) is 54.7 Å². The lowest BCUT2D eigenvalue weighted by atomic mass is 10.0. The number of ketones is 1. The number of fused-ring (bicyclic) bond motifs is 1. The van der Waals surface area contributed by atoms with Crippen molar-refractivity contribution >= 4 is 22.7 Å². The van der Waals surface area contributed by atoms with Gasteiger partial charge in [-0.05, 0) is 11.6 Å². The molecule has 22 heavy (non-hydrogen) atoms. The molecule has 0 spiro atoms. The van der Waals surface area contributed by atoms with Crippen LogP contribution < -0.4 is 0 Å². The zero-order chi connectivity index (χ0) is 15.5. The lowest BCUT2D eigenvalue weighted by Crippen LogP contribution is -2.05. The van der Waals surface area contributed by atoms with Gasteiger partial charge in [0, 0.05) is 28.2 Å². The summed E-state index contributed by atoms with van der Waals surface area (Å²) in [5.74, 6) is -0.335. The number of esters is 1. The Balaban J connectivity index is 1.87. The van der Waals surface area contributed by atoms with Crippen LogP contribution in [0.4, 0.5) is 0 Å². The van der Waals surface area contributed by atoms with E-state index in [4.69, 9.17) is 0 Å². The zero-order valence-electron chi connectivity index (χ0n) is 12.1. The highest BCUT2D eigenvalue weighted by Gasteiger charge is 2.14. The van der Waals surface area contributed by atoms with Gasteiger partial charge in [0.1, 0.15) is 0 Å². The number of carbonyl (C=O) groups is 2. The minimum absolute atomic E-state index is 0.0398. The van der Waals surface area contributed by atoms with Crippen molar-refractivity contribution in [3.8, 4) is 0 Å². The molecule has 1 heterocycles. The van der Waals surface area contributed by atoms with Crippen LogP contribution in [-0.2, 0) is 16.0 Å². The first-order valence-corrected chi connectivity index (χ1v) is 6.95. The van der Waals surface area contributed by atoms with Crippen molar-refractivity contribution in [2.45, 2.75) is 6.42 Å². The maximum absolute atomic E-state index is 12.6. The lowest BCUT2D eigenvalue weighted by molar-refractivity contribution is -0.139. The van der Waals surface area contributed by atoms with E-state index >= 15 is 0 Å². The molecule has 1 N–H and O–H groups in total. The summed E-state index contributed by atoms with van der Waals surface area (Å²) in [6.07, 6.45) is 1.94. The van der Waals surface area contributed by atoms with Gasteiger partial charge in [-0.2, -0.15) is 0 Å². The molecule has 4 heteroatoms. The smallest absolute Gasteiger partial charge is 0.309 e. The van der Waals surface area contributed by atoms with Crippen LogP contribution in [-0.4, -0.2) is 23.8 Å². The average Bonchev–Trinajstić information content (AvgIpc) is 2.99. The van der Waals surface area contributed by atoms with Gasteiger partial charge in [0.2, 0.25) is 0 Å². The predicted octanol–water partition coefficient (Wildman–Crippen LogP) is 3.11. The van der Waals surface area contributed by atoms with Crippen molar-refractivity contribution in [2.75, 3.05) is 7.11 Å². The molecule has 0 aliphatic rings. The van der Waals surface area contributed by atoms with E-state index in [1.165, 1.54) is 7.11 Å². The van der Waals surface area contributed by atoms with Gasteiger partial charge in [-0.15, -0.1) is 0 Å². The molecule has 0 atom stereocenters. The van der Waals surface area contributed by atoms with Gasteiger partial charge < -0.3 is 9.72 Å². The zero-order valence-corrected chi connectivity index (χ0v) is 12.1. The topological polar surface area (TPSA) is 59.2 Å². The molecular weight excluding hydrogens is 278 g/mol. The largest absolute Gasteiger partial charge is 0.469 e. The van der Waals surface area contributed by atoms with E-state index in [0.717, 1.165) is 16.5 Å². The highest BCUT2D eigenvalue weighted by molar-refractivity contribution is 6.16. The van der Waals surface area contributed by atoms with Gasteiger partial charge in [-0.1, -0.05) is 42.5 Å². The molecule has 0 saturated carbocycles. The van der Waals surface area contributed by atoms with Crippen LogP contribution in [0.3, 0.4) is 0 Å². The molecular formula is C18H15NO3. The van der Waals surface area contributed by atoms with Crippen molar-refractivity contribution in [1.82, 2.24) is 4.98 Å². The van der Waals surface area contributed by atoms with Crippen LogP contribution in [0.2, 0.25) is 0 Å². The van der Waals surface area contributed by atoms with Gasteiger partial charge in [-0.25, -0.2) is 0 Å². The fourth-order valence-corrected chi connectivity index (χ4v) is 2.43. The van der Waals surface area contributed by atoms with Crippen molar-refractivity contribution in [1.29, 1.82) is 0 Å². The molecule has 1 aromatic heterocycles. The number of rotatable bonds is 4. The minimum atomic E-state index is -0.296. The number of hydrogen-bond acceptors (Lipinski definition) is 3. The molecule has 3 rings (SSSR count). The Morgan fingerprint density at radius 2 is 1.77 bits per heavy atom. The molecule has 0 amide bonds. The number of methoxy groups -OCH3 is 1. The Hall–Kier alpha value is -2.88. The third kappa shape index (κ3) is 2.63. The van der Waals surface area contributed by atoms with Crippen LogP contribution in [0.25, 0.3) is 10.9 Å². The van der Waals surface area contributed by atoms with Crippen LogP contribution in [0, 0.1) is 0 Å². The lowest BCUT2D eigenvalue weighted by Gasteiger charge is -2.03. The van der Waals surface area contributed by atoms with Crippen molar-refractivity contribution in [3.05, 3.63) is 71.4 Å². The maximum atomic E-state index is 12.6. The van der Waals surface area contributed by atoms with E-state index < -0.39 is 0 Å². The van der Waals surface area contributed by atoms with E-state index in [1.807, 2.05) is 24.3 Å². The number of carbonyl (C=O) groups excluding carboxylic acids is 2.